The van der Waals surface area contributed by atoms with Gasteiger partial charge in [0.25, 0.3) is 0 Å². The smallest absolute Gasteiger partial charge is 0 e. The summed E-state index contributed by atoms with van der Waals surface area (Å²) in [6.45, 7) is 29.4. The van der Waals surface area contributed by atoms with Crippen LogP contribution >= 0.6 is 15.8 Å². The van der Waals surface area contributed by atoms with E-state index < -0.39 is 0 Å². The normalized spacial score (nSPS) is 13.3. The molecule has 2 aromatic rings. The maximum absolute atomic E-state index is 2.46. The molecule has 0 bridgehead atoms. The van der Waals surface area contributed by atoms with Crippen molar-refractivity contribution in [2.45, 2.75) is 116 Å². The first kappa shape index (κ1) is 31.7. The lowest BCUT2D eigenvalue weighted by atomic mass is 10.0. The van der Waals surface area contributed by atoms with E-state index in [9.17, 15) is 0 Å². The SMILES string of the molecule is CC(C)(C)P(Cc1ccc2ccccc2c1CP(C(C)(C)C)C(C)(C)C)C(C)(C)C.[B].[B]. The van der Waals surface area contributed by atoms with E-state index in [1.54, 1.807) is 11.1 Å². The van der Waals surface area contributed by atoms with Crippen molar-refractivity contribution in [1.29, 1.82) is 0 Å². The van der Waals surface area contributed by atoms with Gasteiger partial charge in [-0.25, -0.2) is 0 Å². The van der Waals surface area contributed by atoms with Crippen LogP contribution in [0.3, 0.4) is 0 Å². The van der Waals surface area contributed by atoms with Crippen molar-refractivity contribution in [1.82, 2.24) is 0 Å². The van der Waals surface area contributed by atoms with E-state index in [-0.39, 0.29) is 32.7 Å². The lowest BCUT2D eigenvalue weighted by Crippen LogP contribution is -2.27. The van der Waals surface area contributed by atoms with Crippen LogP contribution < -0.4 is 0 Å². The van der Waals surface area contributed by atoms with E-state index >= 15 is 0 Å². The van der Waals surface area contributed by atoms with Gasteiger partial charge in [-0.05, 0) is 54.8 Å². The van der Waals surface area contributed by atoms with Crippen molar-refractivity contribution in [2.24, 2.45) is 0 Å². The number of benzene rings is 2. The largest absolute Gasteiger partial charge is 0.0911 e. The summed E-state index contributed by atoms with van der Waals surface area (Å²) in [5.41, 5.74) is 3.23. The Morgan fingerprint density at radius 2 is 0.938 bits per heavy atom. The molecule has 4 heteroatoms. The molecule has 0 N–H and O–H groups in total. The first-order valence-electron chi connectivity index (χ1n) is 11.5. The summed E-state index contributed by atoms with van der Waals surface area (Å²) in [4.78, 5) is 0. The molecule has 0 aliphatic carbocycles. The minimum atomic E-state index is -0.182. The third kappa shape index (κ3) is 7.88. The van der Waals surface area contributed by atoms with Crippen molar-refractivity contribution in [2.75, 3.05) is 0 Å². The van der Waals surface area contributed by atoms with Crippen LogP contribution in [0.4, 0.5) is 0 Å². The van der Waals surface area contributed by atoms with Gasteiger partial charge in [-0.15, -0.1) is 0 Å². The molecule has 0 nitrogen and oxygen atoms in total. The molecule has 32 heavy (non-hydrogen) atoms. The predicted octanol–water partition coefficient (Wildman–Crippen LogP) is 9.24. The standard InChI is InChI=1S/C28H46P2.2B/c1-25(2,3)29(26(4,5)6)19-22-18-17-21-15-13-14-16-23(21)24(22)20-30(27(7,8)9)28(10,11)12;;/h13-18H,19-20H2,1-12H3;;. The molecule has 0 unspecified atom stereocenters. The van der Waals surface area contributed by atoms with Gasteiger partial charge in [0.1, 0.15) is 0 Å². The highest BCUT2D eigenvalue weighted by Crippen LogP contribution is 2.64. The van der Waals surface area contributed by atoms with Crippen LogP contribution in [0.15, 0.2) is 36.4 Å². The zero-order valence-electron chi connectivity index (χ0n) is 22.9. The van der Waals surface area contributed by atoms with Crippen molar-refractivity contribution in [3.63, 3.8) is 0 Å². The number of rotatable bonds is 4. The molecule has 0 fully saturated rings. The van der Waals surface area contributed by atoms with Crippen molar-refractivity contribution in [3.8, 4) is 0 Å². The summed E-state index contributed by atoms with van der Waals surface area (Å²) in [5, 5.41) is 4.23. The molecular weight excluding hydrogens is 420 g/mol. The predicted molar refractivity (Wildman–Crippen MR) is 156 cm³/mol. The second-order valence-electron chi connectivity index (χ2n) is 12.8. The van der Waals surface area contributed by atoms with Crippen molar-refractivity contribution in [3.05, 3.63) is 47.5 Å². The molecule has 0 saturated carbocycles. The summed E-state index contributed by atoms with van der Waals surface area (Å²) in [7, 11) is -0.347. The molecule has 0 spiro atoms. The average molecular weight is 466 g/mol. The Bertz CT molecular complexity index is 834. The molecule has 2 aromatic carbocycles. The summed E-state index contributed by atoms with van der Waals surface area (Å²) < 4.78 is 0. The number of hydrogen-bond acceptors (Lipinski definition) is 0. The Morgan fingerprint density at radius 1 is 0.531 bits per heavy atom. The van der Waals surface area contributed by atoms with E-state index in [0.717, 1.165) is 0 Å². The summed E-state index contributed by atoms with van der Waals surface area (Å²) >= 11 is 0. The zero-order valence-corrected chi connectivity index (χ0v) is 24.7. The molecule has 0 heterocycles. The minimum Gasteiger partial charge on any atom is -0.0911 e. The van der Waals surface area contributed by atoms with Gasteiger partial charge >= 0.3 is 0 Å². The van der Waals surface area contributed by atoms with Gasteiger partial charge in [0.2, 0.25) is 0 Å². The Kier molecular flexibility index (Phi) is 10.9. The first-order valence-corrected chi connectivity index (χ1v) is 14.5. The van der Waals surface area contributed by atoms with Gasteiger partial charge in [0.15, 0.2) is 0 Å². The lowest BCUT2D eigenvalue weighted by molar-refractivity contribution is 0.699. The lowest BCUT2D eigenvalue weighted by Gasteiger charge is -2.44. The zero-order chi connectivity index (χ0) is 23.1. The molecule has 0 amide bonds. The van der Waals surface area contributed by atoms with Crippen LogP contribution in [0, 0.1) is 0 Å². The van der Waals surface area contributed by atoms with E-state index in [0.29, 0.717) is 20.6 Å². The monoisotopic (exact) mass is 466 g/mol. The van der Waals surface area contributed by atoms with Gasteiger partial charge in [0.05, 0.1) is 0 Å². The molecule has 0 aliphatic rings. The molecule has 0 saturated heterocycles. The minimum absolute atomic E-state index is 0. The Morgan fingerprint density at radius 3 is 1.38 bits per heavy atom. The fraction of sp³-hybridized carbons (Fsp3) is 0.643. The van der Waals surface area contributed by atoms with Crippen LogP contribution in [0.1, 0.15) is 94.2 Å². The quantitative estimate of drug-likeness (QED) is 0.311. The maximum atomic E-state index is 2.46. The van der Waals surface area contributed by atoms with Crippen LogP contribution in [0.25, 0.3) is 10.8 Å². The Hall–Kier alpha value is -0.310. The second-order valence-corrected chi connectivity index (χ2v) is 20.5. The molecule has 174 valence electrons. The van der Waals surface area contributed by atoms with Crippen LogP contribution in [0.5, 0.6) is 0 Å². The second kappa shape index (κ2) is 11.0. The van der Waals surface area contributed by atoms with E-state index in [4.69, 9.17) is 0 Å². The Balaban J connectivity index is 0.00000480. The molecule has 0 aromatic heterocycles. The van der Waals surface area contributed by atoms with E-state index in [1.807, 2.05) is 0 Å². The fourth-order valence-electron chi connectivity index (χ4n) is 5.01. The summed E-state index contributed by atoms with van der Waals surface area (Å²) in [5.74, 6) is 0. The molecule has 6 radical (unpaired) electrons. The first-order chi connectivity index (χ1) is 13.4. The summed E-state index contributed by atoms with van der Waals surface area (Å²) in [6.07, 6.45) is 2.44. The molecule has 0 aliphatic heterocycles. The molecular formula is C28H46B2P2. The maximum Gasteiger partial charge on any atom is 0 e. The fourth-order valence-corrected chi connectivity index (χ4v) is 12.3. The third-order valence-electron chi connectivity index (χ3n) is 6.02. The van der Waals surface area contributed by atoms with Gasteiger partial charge in [-0.2, -0.15) is 0 Å². The van der Waals surface area contributed by atoms with Gasteiger partial charge in [-0.3, -0.25) is 0 Å². The van der Waals surface area contributed by atoms with E-state index in [1.165, 1.54) is 23.1 Å². The topological polar surface area (TPSA) is 0 Å². The average Bonchev–Trinajstić information content (AvgIpc) is 2.53. The van der Waals surface area contributed by atoms with Gasteiger partial charge in [-0.1, -0.05) is 135 Å². The highest BCUT2D eigenvalue weighted by molar-refractivity contribution is 7.60. The highest BCUT2D eigenvalue weighted by Gasteiger charge is 2.37. The van der Waals surface area contributed by atoms with Crippen LogP contribution in [-0.4, -0.2) is 37.5 Å². The highest BCUT2D eigenvalue weighted by atomic mass is 31.1. The number of hydrogen-bond donors (Lipinski definition) is 0. The van der Waals surface area contributed by atoms with Crippen LogP contribution in [-0.2, 0) is 12.3 Å². The van der Waals surface area contributed by atoms with Crippen molar-refractivity contribution >= 4 is 43.4 Å². The summed E-state index contributed by atoms with van der Waals surface area (Å²) in [6, 6.07) is 13.9. The number of fused-ring (bicyclic) bond motifs is 1. The molecule has 2 rings (SSSR count). The van der Waals surface area contributed by atoms with E-state index in [2.05, 4.69) is 119 Å². The van der Waals surface area contributed by atoms with Gasteiger partial charge in [0, 0.05) is 16.8 Å². The van der Waals surface area contributed by atoms with Crippen LogP contribution in [0.2, 0.25) is 0 Å². The van der Waals surface area contributed by atoms with Crippen molar-refractivity contribution < 1.29 is 0 Å². The van der Waals surface area contributed by atoms with Gasteiger partial charge < -0.3 is 0 Å². The third-order valence-corrected chi connectivity index (χ3v) is 13.8. The molecule has 0 atom stereocenters. The Labute approximate surface area is 206 Å².